The van der Waals surface area contributed by atoms with E-state index in [1.54, 1.807) is 83.1 Å². The van der Waals surface area contributed by atoms with Gasteiger partial charge in [0, 0.05) is 35.5 Å². The molecule has 0 aliphatic rings. The first-order chi connectivity index (χ1) is 51.0. The van der Waals surface area contributed by atoms with E-state index in [9.17, 15) is 74.9 Å². The lowest BCUT2D eigenvalue weighted by Gasteiger charge is -2.21. The molecule has 0 bridgehead atoms. The van der Waals surface area contributed by atoms with E-state index < -0.39 is 148 Å². The van der Waals surface area contributed by atoms with Gasteiger partial charge in [-0.05, 0) is 53.9 Å². The predicted molar refractivity (Wildman–Crippen MR) is 398 cm³/mol. The topological polar surface area (TPSA) is 733 Å². The van der Waals surface area contributed by atoms with Crippen LogP contribution >= 0.6 is 63.0 Å². The molecule has 0 aliphatic heterocycles. The lowest BCUT2D eigenvalue weighted by molar-refractivity contribution is -0.169. The normalized spacial score (nSPS) is 13.4. The largest absolute Gasteiger partial charge is 0.694 e. The molecule has 0 spiro atoms. The van der Waals surface area contributed by atoms with Crippen LogP contribution in [0, 0.1) is 23.7 Å². The molecule has 48 nitrogen and oxygen atoms in total. The standard InChI is InChI=1S/C10H21O7P.C8H17O6P.3C7H15O6P.C6H11O6P.C6H13O6P.C6H9O5P.CH4/c1-4-9(6-15-8(3)11)16-7-10(5-2)17-18(12,13)14;1-4-7(14-15(10,11)12)5-13-8(9)6(2)3;2*1-5(2)7(8)13-6(3)4-12-14(9,10)11;1-4-6(13-14(9,10)11)12-7(8)5(2)3;1-5(2)6(7)11-3-4-12-13(8,9)10;1-3-6(7)12-5(2)4-11-13(8,9)10;1-5(2)6(7)10-3-4-11-12(8)9;/h9-10H,4-7H2,1-3H3,(H2,12,13,14);6-7H,4-5H2,1-3H3,(H2,10,11,12);3*5-6H,4H2,1-3H3,(H2,9,10,11);1,3-4H2,2H3,(H2,8,9,10);5H,3-4H2,1-2H3,(H2,8,9,10);1,3-4H2,2H3;1H4/p+1. The van der Waals surface area contributed by atoms with E-state index in [2.05, 4.69) is 68.3 Å². The highest BCUT2D eigenvalue weighted by atomic mass is 31.2. The summed E-state index contributed by atoms with van der Waals surface area (Å²) in [5.74, 6) is -4.95. The van der Waals surface area contributed by atoms with E-state index >= 15 is 0 Å². The summed E-state index contributed by atoms with van der Waals surface area (Å²) in [5.41, 5.74) is 0.500. The van der Waals surface area contributed by atoms with Crippen molar-refractivity contribution in [1.82, 2.24) is 0 Å². The van der Waals surface area contributed by atoms with Crippen molar-refractivity contribution in [1.29, 1.82) is 0 Å². The number of hydrogen-bond donors (Lipinski definition) is 15. The fourth-order valence-electron chi connectivity index (χ4n) is 4.98. The molecule has 0 amide bonds. The predicted octanol–water partition coefficient (Wildman–Crippen LogP) is 6.76. The zero-order valence-electron chi connectivity index (χ0n) is 66.1. The lowest BCUT2D eigenvalue weighted by atomic mass is 10.2. The van der Waals surface area contributed by atoms with Crippen molar-refractivity contribution < 1.29 is 227 Å². The SMILES string of the molecule is C.C=C(C)C(=O)OCCOP(=O)(O)O.C=C(C)C(=O)OCCO[P+](=O)O.CC(COP(=O)(O)O)OC(=O)C(C)C.CC(COP(=O)(O)O)OC(=O)C(C)C.CCC(=O)OC(C)COP(=O)(O)O.CCC(COC(=O)C(C)C)OP(=O)(O)O.CCC(COC(C)=O)OCC(CC)OP(=O)(O)O.CCC(OC(=O)C(C)C)OP(=O)(O)O. The second kappa shape index (κ2) is 68.7. The molecule has 0 saturated carbocycles. The number of rotatable bonds is 45. The van der Waals surface area contributed by atoms with Crippen LogP contribution < -0.4 is 0 Å². The zero-order chi connectivity index (χ0) is 90.8. The monoisotopic (exact) mass is 1830 g/mol. The zero-order valence-corrected chi connectivity index (χ0v) is 73.3. The molecular formula is C58H121O48P8+. The Morgan fingerprint density at radius 3 is 0.939 bits per heavy atom. The number of carbonyl (C=O) groups excluding carboxylic acids is 8. The average Bonchev–Trinajstić information content (AvgIpc) is 0.915. The molecule has 0 fully saturated rings. The number of carbonyl (C=O) groups is 8. The van der Waals surface area contributed by atoms with Gasteiger partial charge in [-0.3, -0.25) is 55.9 Å². The molecule has 0 aromatic heterocycles. The Kier molecular flexibility index (Phi) is 77.2. The Balaban J connectivity index is -0.000000158. The van der Waals surface area contributed by atoms with Crippen molar-refractivity contribution in [2.24, 2.45) is 23.7 Å². The summed E-state index contributed by atoms with van der Waals surface area (Å²) in [6.45, 7) is 35.5. The van der Waals surface area contributed by atoms with Crippen molar-refractivity contribution in [2.45, 2.75) is 214 Å². The first-order valence-corrected chi connectivity index (χ1v) is 45.0. The summed E-state index contributed by atoms with van der Waals surface area (Å²) < 4.78 is 159. The summed E-state index contributed by atoms with van der Waals surface area (Å²) in [6, 6.07) is 0. The number of hydrogen-bond acceptors (Lipinski definition) is 33. The molecule has 15 N–H and O–H groups in total. The van der Waals surface area contributed by atoms with Crippen LogP contribution in [0.5, 0.6) is 0 Å². The van der Waals surface area contributed by atoms with Gasteiger partial charge >= 0.3 is 111 Å². The van der Waals surface area contributed by atoms with Gasteiger partial charge in [-0.2, -0.15) is 0 Å². The van der Waals surface area contributed by atoms with Crippen LogP contribution in [0.3, 0.4) is 0 Å². The molecule has 680 valence electrons. The number of ether oxygens (including phenoxy) is 9. The molecule has 0 saturated heterocycles. The van der Waals surface area contributed by atoms with Crippen LogP contribution in [0.25, 0.3) is 0 Å². The van der Waals surface area contributed by atoms with Crippen LogP contribution in [0.2, 0.25) is 0 Å². The van der Waals surface area contributed by atoms with Gasteiger partial charge in [-0.1, -0.05) is 111 Å². The van der Waals surface area contributed by atoms with Crippen molar-refractivity contribution in [3.05, 3.63) is 24.3 Å². The van der Waals surface area contributed by atoms with Gasteiger partial charge in [0.2, 0.25) is 6.29 Å². The summed E-state index contributed by atoms with van der Waals surface area (Å²) >= 11 is 0. The Morgan fingerprint density at radius 2 is 0.667 bits per heavy atom. The summed E-state index contributed by atoms with van der Waals surface area (Å²) in [5, 5.41) is 0. The van der Waals surface area contributed by atoms with Crippen LogP contribution in [-0.4, -0.2) is 230 Å². The van der Waals surface area contributed by atoms with E-state index in [4.69, 9.17) is 97.1 Å². The minimum Gasteiger partial charge on any atom is -0.463 e. The van der Waals surface area contributed by atoms with Gasteiger partial charge in [0.05, 0.1) is 68.9 Å². The molecule has 0 aromatic carbocycles. The van der Waals surface area contributed by atoms with Gasteiger partial charge in [0.15, 0.2) is 0 Å². The van der Waals surface area contributed by atoms with Crippen molar-refractivity contribution >= 4 is 111 Å². The molecular weight excluding hydrogens is 1710 g/mol. The smallest absolute Gasteiger partial charge is 0.463 e. The van der Waals surface area contributed by atoms with Gasteiger partial charge in [0.1, 0.15) is 57.5 Å². The maximum atomic E-state index is 11.1. The summed E-state index contributed by atoms with van der Waals surface area (Å²) in [4.78, 5) is 213. The van der Waals surface area contributed by atoms with E-state index in [1.807, 2.05) is 6.92 Å². The summed E-state index contributed by atoms with van der Waals surface area (Å²) in [6.07, 6.45) is -3.13. The fourth-order valence-corrected chi connectivity index (χ4v) is 8.43. The highest BCUT2D eigenvalue weighted by Gasteiger charge is 2.28. The van der Waals surface area contributed by atoms with E-state index in [0.717, 1.165) is 0 Å². The molecule has 8 unspecified atom stereocenters. The highest BCUT2D eigenvalue weighted by molar-refractivity contribution is 7.47. The number of phosphoric ester groups is 7. The molecule has 8 atom stereocenters. The average molecular weight is 1830 g/mol. The fraction of sp³-hybridized carbons (Fsp3) is 0.793. The third-order valence-electron chi connectivity index (χ3n) is 10.5. The van der Waals surface area contributed by atoms with Crippen molar-refractivity contribution in [3.63, 3.8) is 0 Å². The molecule has 0 aromatic rings. The second-order valence-electron chi connectivity index (χ2n) is 23.3. The molecule has 0 heterocycles. The Hall–Kier alpha value is -4.01. The van der Waals surface area contributed by atoms with Gasteiger partial charge < -0.3 is 111 Å². The Labute approximate surface area is 663 Å². The number of phosphoric acid groups is 7. The van der Waals surface area contributed by atoms with Crippen LogP contribution in [0.1, 0.15) is 171 Å². The molecule has 114 heavy (non-hydrogen) atoms. The highest BCUT2D eigenvalue weighted by Crippen LogP contribution is 2.41. The van der Waals surface area contributed by atoms with E-state index in [1.165, 1.54) is 41.5 Å². The van der Waals surface area contributed by atoms with Gasteiger partial charge in [0.25, 0.3) is 0 Å². The molecule has 56 heteroatoms. The van der Waals surface area contributed by atoms with E-state index in [-0.39, 0.29) is 127 Å². The third-order valence-corrected chi connectivity index (χ3v) is 14.6. The Bertz CT molecular complexity index is 3040. The van der Waals surface area contributed by atoms with Crippen molar-refractivity contribution in [2.75, 3.05) is 66.1 Å². The molecule has 0 rings (SSSR count). The van der Waals surface area contributed by atoms with Crippen LogP contribution in [0.15, 0.2) is 24.3 Å². The van der Waals surface area contributed by atoms with Crippen LogP contribution in [0.4, 0.5) is 0 Å². The second-order valence-corrected chi connectivity index (χ2v) is 32.5. The van der Waals surface area contributed by atoms with Crippen LogP contribution in [-0.2, 0) is 154 Å². The molecule has 0 aliphatic carbocycles. The Morgan fingerprint density at radius 1 is 0.360 bits per heavy atom. The maximum absolute atomic E-state index is 11.1. The van der Waals surface area contributed by atoms with Gasteiger partial charge in [-0.25, -0.2) is 46.1 Å². The minimum absolute atomic E-state index is 0. The summed E-state index contributed by atoms with van der Waals surface area (Å²) in [7, 11) is -34.1. The number of esters is 8. The molecule has 0 radical (unpaired) electrons. The van der Waals surface area contributed by atoms with Gasteiger partial charge in [-0.15, -0.1) is 9.42 Å². The third kappa shape index (κ3) is 104. The van der Waals surface area contributed by atoms with E-state index in [0.29, 0.717) is 19.3 Å². The first-order valence-electron chi connectivity index (χ1n) is 33.1. The minimum atomic E-state index is -4.60. The van der Waals surface area contributed by atoms with Crippen molar-refractivity contribution in [3.8, 4) is 0 Å². The lowest BCUT2D eigenvalue weighted by Crippen LogP contribution is -2.26. The quantitative estimate of drug-likeness (QED) is 0.00747. The maximum Gasteiger partial charge on any atom is 0.694 e. The first kappa shape index (κ1) is 128.